The van der Waals surface area contributed by atoms with E-state index < -0.39 is 12.8 Å². The molecule has 0 aromatic carbocycles. The van der Waals surface area contributed by atoms with Crippen molar-refractivity contribution >= 4 is 27.3 Å². The highest BCUT2D eigenvalue weighted by Crippen LogP contribution is 2.30. The predicted octanol–water partition coefficient (Wildman–Crippen LogP) is 3.79. The van der Waals surface area contributed by atoms with E-state index in [1.54, 1.807) is 0 Å². The molecule has 1 heterocycles. The number of alkyl halides is 3. The zero-order valence-electron chi connectivity index (χ0n) is 9.18. The Morgan fingerprint density at radius 2 is 2.18 bits per heavy atom. The van der Waals surface area contributed by atoms with Gasteiger partial charge in [0.15, 0.2) is 0 Å². The molecule has 0 amide bonds. The molecule has 0 bridgehead atoms. The Bertz CT molecular complexity index is 347. The normalized spacial score (nSPS) is 14.0. The highest BCUT2D eigenvalue weighted by atomic mass is 79.9. The van der Waals surface area contributed by atoms with E-state index in [-0.39, 0.29) is 12.6 Å². The van der Waals surface area contributed by atoms with E-state index in [1.807, 2.05) is 13.0 Å². The van der Waals surface area contributed by atoms with Crippen LogP contribution in [0.4, 0.5) is 13.2 Å². The number of hydrogen-bond acceptors (Lipinski definition) is 3. The van der Waals surface area contributed by atoms with Crippen LogP contribution in [-0.4, -0.2) is 19.4 Å². The number of rotatable bonds is 5. The molecule has 0 saturated heterocycles. The fourth-order valence-corrected chi connectivity index (χ4v) is 2.80. The van der Waals surface area contributed by atoms with E-state index in [9.17, 15) is 13.2 Å². The lowest BCUT2D eigenvalue weighted by Crippen LogP contribution is -2.19. The minimum absolute atomic E-state index is 0.00917. The molecule has 0 aliphatic carbocycles. The van der Waals surface area contributed by atoms with Gasteiger partial charge in [0, 0.05) is 26.9 Å². The summed E-state index contributed by atoms with van der Waals surface area (Å²) in [6.07, 6.45) is -3.89. The number of aryl methyl sites for hydroxylation is 1. The second-order valence-corrected chi connectivity index (χ2v) is 5.76. The molecular weight excluding hydrogens is 319 g/mol. The summed E-state index contributed by atoms with van der Waals surface area (Å²) in [5, 5.41) is 0. The molecule has 2 nitrogen and oxygen atoms in total. The fraction of sp³-hybridized carbons (Fsp3) is 0.600. The molecular formula is C10H13BrF3NOS. The minimum Gasteiger partial charge on any atom is -0.372 e. The van der Waals surface area contributed by atoms with Crippen molar-refractivity contribution in [2.75, 3.05) is 13.2 Å². The van der Waals surface area contributed by atoms with E-state index in [2.05, 4.69) is 20.7 Å². The maximum atomic E-state index is 11.8. The average molecular weight is 332 g/mol. The largest absolute Gasteiger partial charge is 0.411 e. The van der Waals surface area contributed by atoms with Crippen LogP contribution in [0.25, 0.3) is 0 Å². The molecule has 7 heteroatoms. The zero-order valence-corrected chi connectivity index (χ0v) is 11.6. The first-order valence-electron chi connectivity index (χ1n) is 4.95. The Morgan fingerprint density at radius 3 is 2.65 bits per heavy atom. The molecule has 0 fully saturated rings. The van der Waals surface area contributed by atoms with Gasteiger partial charge >= 0.3 is 6.18 Å². The Labute approximate surface area is 110 Å². The third kappa shape index (κ3) is 5.37. The number of halogens is 4. The summed E-state index contributed by atoms with van der Waals surface area (Å²) in [5.41, 5.74) is 5.86. The van der Waals surface area contributed by atoms with E-state index in [1.165, 1.54) is 11.3 Å². The third-order valence-corrected chi connectivity index (χ3v) is 4.35. The van der Waals surface area contributed by atoms with Crippen molar-refractivity contribution in [3.05, 3.63) is 20.3 Å². The van der Waals surface area contributed by atoms with Crippen LogP contribution >= 0.6 is 27.3 Å². The van der Waals surface area contributed by atoms with Gasteiger partial charge in [-0.25, -0.2) is 0 Å². The molecule has 1 atom stereocenters. The molecule has 2 N–H and O–H groups in total. The first kappa shape index (κ1) is 14.9. The zero-order chi connectivity index (χ0) is 13.1. The summed E-state index contributed by atoms with van der Waals surface area (Å²) in [4.78, 5) is 2.05. The van der Waals surface area contributed by atoms with Crippen LogP contribution in [0.3, 0.4) is 0 Å². The molecule has 17 heavy (non-hydrogen) atoms. The van der Waals surface area contributed by atoms with Gasteiger partial charge in [0.25, 0.3) is 0 Å². The molecule has 0 spiro atoms. The lowest BCUT2D eigenvalue weighted by atomic mass is 10.2. The molecule has 0 radical (unpaired) electrons. The van der Waals surface area contributed by atoms with E-state index in [0.717, 1.165) is 14.2 Å². The van der Waals surface area contributed by atoms with E-state index in [0.29, 0.717) is 6.42 Å². The minimum atomic E-state index is -4.27. The van der Waals surface area contributed by atoms with Crippen LogP contribution in [0.2, 0.25) is 0 Å². The standard InChI is InChI=1S/C10H13BrF3NOS/c1-6-7(11)4-9(17-6)8(15)2-3-16-5-10(12,13)14/h4,8H,2-3,5,15H2,1H3. The van der Waals surface area contributed by atoms with Crippen molar-refractivity contribution in [2.45, 2.75) is 25.6 Å². The number of hydrogen-bond donors (Lipinski definition) is 1. The SMILES string of the molecule is Cc1sc(C(N)CCOCC(F)(F)F)cc1Br. The number of ether oxygens (including phenoxy) is 1. The molecule has 1 aromatic heterocycles. The predicted molar refractivity (Wildman–Crippen MR) is 65.2 cm³/mol. The summed E-state index contributed by atoms with van der Waals surface area (Å²) in [7, 11) is 0. The van der Waals surface area contributed by atoms with Crippen molar-refractivity contribution in [3.8, 4) is 0 Å². The quantitative estimate of drug-likeness (QED) is 0.833. The van der Waals surface area contributed by atoms with Gasteiger partial charge in [-0.15, -0.1) is 11.3 Å². The van der Waals surface area contributed by atoms with Crippen LogP contribution < -0.4 is 5.73 Å². The Kier molecular flexibility index (Phi) is 5.43. The van der Waals surface area contributed by atoms with Gasteiger partial charge in [0.2, 0.25) is 0 Å². The third-order valence-electron chi connectivity index (χ3n) is 2.08. The topological polar surface area (TPSA) is 35.2 Å². The van der Waals surface area contributed by atoms with Crippen LogP contribution in [0.1, 0.15) is 22.2 Å². The Hall–Kier alpha value is -0.110. The van der Waals surface area contributed by atoms with E-state index in [4.69, 9.17) is 5.73 Å². The summed E-state index contributed by atoms with van der Waals surface area (Å²) in [5.74, 6) is 0. The second-order valence-electron chi connectivity index (χ2n) is 3.62. The smallest absolute Gasteiger partial charge is 0.372 e. The summed E-state index contributed by atoms with van der Waals surface area (Å²) < 4.78 is 40.9. The van der Waals surface area contributed by atoms with Crippen molar-refractivity contribution in [3.63, 3.8) is 0 Å². The monoisotopic (exact) mass is 331 g/mol. The molecule has 0 saturated carbocycles. The molecule has 98 valence electrons. The summed E-state index contributed by atoms with van der Waals surface area (Å²) in [6, 6.07) is 1.62. The second kappa shape index (κ2) is 6.17. The Morgan fingerprint density at radius 1 is 1.53 bits per heavy atom. The van der Waals surface area contributed by atoms with Crippen LogP contribution in [0.5, 0.6) is 0 Å². The fourth-order valence-electron chi connectivity index (χ4n) is 1.20. The lowest BCUT2D eigenvalue weighted by molar-refractivity contribution is -0.174. The summed E-state index contributed by atoms with van der Waals surface area (Å²) in [6.45, 7) is 0.743. The maximum absolute atomic E-state index is 11.8. The van der Waals surface area contributed by atoms with Gasteiger partial charge < -0.3 is 10.5 Å². The first-order valence-corrected chi connectivity index (χ1v) is 6.56. The first-order chi connectivity index (χ1) is 7.79. The molecule has 1 rings (SSSR count). The highest BCUT2D eigenvalue weighted by Gasteiger charge is 2.27. The van der Waals surface area contributed by atoms with Gasteiger partial charge in [-0.05, 0) is 35.3 Å². The van der Waals surface area contributed by atoms with E-state index >= 15 is 0 Å². The van der Waals surface area contributed by atoms with Gasteiger partial charge in [0.05, 0.1) is 0 Å². The van der Waals surface area contributed by atoms with Gasteiger partial charge in [0.1, 0.15) is 6.61 Å². The molecule has 0 aliphatic heterocycles. The van der Waals surface area contributed by atoms with Crippen molar-refractivity contribution < 1.29 is 17.9 Å². The van der Waals surface area contributed by atoms with Crippen molar-refractivity contribution in [2.24, 2.45) is 5.73 Å². The van der Waals surface area contributed by atoms with Crippen LogP contribution in [0, 0.1) is 6.92 Å². The van der Waals surface area contributed by atoms with Crippen molar-refractivity contribution in [1.29, 1.82) is 0 Å². The number of thiophene rings is 1. The molecule has 0 aliphatic rings. The van der Waals surface area contributed by atoms with Crippen LogP contribution in [0.15, 0.2) is 10.5 Å². The number of nitrogens with two attached hydrogens (primary N) is 1. The molecule has 1 aromatic rings. The lowest BCUT2D eigenvalue weighted by Gasteiger charge is -2.11. The maximum Gasteiger partial charge on any atom is 0.411 e. The van der Waals surface area contributed by atoms with Gasteiger partial charge in [-0.3, -0.25) is 0 Å². The van der Waals surface area contributed by atoms with Crippen molar-refractivity contribution in [1.82, 2.24) is 0 Å². The summed E-state index contributed by atoms with van der Waals surface area (Å²) >= 11 is 4.90. The molecule has 1 unspecified atom stereocenters. The van der Waals surface area contributed by atoms with Gasteiger partial charge in [-0.1, -0.05) is 0 Å². The van der Waals surface area contributed by atoms with Crippen LogP contribution in [-0.2, 0) is 4.74 Å². The average Bonchev–Trinajstić information content (AvgIpc) is 2.52. The van der Waals surface area contributed by atoms with Gasteiger partial charge in [-0.2, -0.15) is 13.2 Å². The Balaban J connectivity index is 2.33. The highest BCUT2D eigenvalue weighted by molar-refractivity contribution is 9.10.